The Morgan fingerprint density at radius 2 is 2.05 bits per heavy atom. The monoisotopic (exact) mass is 304 g/mol. The molecule has 0 saturated carbocycles. The molecule has 2 aromatic rings. The van der Waals surface area contributed by atoms with E-state index >= 15 is 0 Å². The summed E-state index contributed by atoms with van der Waals surface area (Å²) in [5, 5.41) is 16.4. The van der Waals surface area contributed by atoms with Gasteiger partial charge in [-0.2, -0.15) is 0 Å². The minimum Gasteiger partial charge on any atom is -0.478 e. The van der Waals surface area contributed by atoms with Crippen molar-refractivity contribution in [1.29, 1.82) is 0 Å². The zero-order valence-corrected chi connectivity index (χ0v) is 12.5. The molecule has 2 amide bonds. The molecule has 1 heterocycles. The van der Waals surface area contributed by atoms with E-state index in [2.05, 4.69) is 10.6 Å². The number of anilines is 1. The van der Waals surface area contributed by atoms with E-state index in [-0.39, 0.29) is 17.6 Å². The van der Waals surface area contributed by atoms with Gasteiger partial charge in [-0.1, -0.05) is 12.1 Å². The Morgan fingerprint density at radius 3 is 2.67 bits per heavy atom. The molecule has 0 aliphatic rings. The second kappa shape index (κ2) is 6.41. The number of hydrogen-bond donors (Lipinski definition) is 3. The number of hydrogen-bond acceptors (Lipinski definition) is 3. The van der Waals surface area contributed by atoms with E-state index < -0.39 is 5.97 Å². The van der Waals surface area contributed by atoms with Crippen LogP contribution in [0.25, 0.3) is 0 Å². The lowest BCUT2D eigenvalue weighted by Gasteiger charge is -2.14. The summed E-state index contributed by atoms with van der Waals surface area (Å²) in [6, 6.07) is 8.04. The highest BCUT2D eigenvalue weighted by Gasteiger charge is 2.12. The van der Waals surface area contributed by atoms with Gasteiger partial charge in [-0.3, -0.25) is 0 Å². The van der Waals surface area contributed by atoms with E-state index in [1.165, 1.54) is 12.1 Å². The number of carboxylic acids is 1. The lowest BCUT2D eigenvalue weighted by atomic mass is 10.1. The molecule has 3 N–H and O–H groups in total. The normalized spacial score (nSPS) is 11.7. The number of carboxylic acid groups (broad SMARTS) is 1. The number of amides is 2. The van der Waals surface area contributed by atoms with Crippen LogP contribution in [-0.4, -0.2) is 17.1 Å². The first-order chi connectivity index (χ1) is 9.97. The largest absolute Gasteiger partial charge is 0.478 e. The van der Waals surface area contributed by atoms with E-state index in [1.807, 2.05) is 31.4 Å². The highest BCUT2D eigenvalue weighted by molar-refractivity contribution is 7.10. The fraction of sp³-hybridized carbons (Fsp3) is 0.200. The minimum atomic E-state index is -1.02. The Balaban J connectivity index is 2.05. The van der Waals surface area contributed by atoms with Gasteiger partial charge in [-0.15, -0.1) is 11.3 Å². The molecule has 1 atom stereocenters. The summed E-state index contributed by atoms with van der Waals surface area (Å²) >= 11 is 1.57. The first kappa shape index (κ1) is 15.1. The predicted molar refractivity (Wildman–Crippen MR) is 83.0 cm³/mol. The first-order valence-corrected chi connectivity index (χ1v) is 7.30. The second-order valence-electron chi connectivity index (χ2n) is 4.67. The van der Waals surface area contributed by atoms with Crippen LogP contribution in [0.1, 0.15) is 33.8 Å². The number of nitrogens with one attached hydrogen (secondary N) is 2. The molecule has 0 spiro atoms. The molecule has 21 heavy (non-hydrogen) atoms. The number of carbonyl (C=O) groups excluding carboxylic acids is 1. The van der Waals surface area contributed by atoms with Gasteiger partial charge in [0.1, 0.15) is 0 Å². The maximum atomic E-state index is 12.0. The van der Waals surface area contributed by atoms with Crippen LogP contribution in [0.15, 0.2) is 35.7 Å². The Labute approximate surface area is 126 Å². The lowest BCUT2D eigenvalue weighted by Crippen LogP contribution is -2.31. The fourth-order valence-corrected chi connectivity index (χ4v) is 2.59. The van der Waals surface area contributed by atoms with Crippen LogP contribution in [-0.2, 0) is 0 Å². The molecule has 2 rings (SSSR count). The summed E-state index contributed by atoms with van der Waals surface area (Å²) in [6.45, 7) is 3.70. The quantitative estimate of drug-likeness (QED) is 0.807. The van der Waals surface area contributed by atoms with Crippen molar-refractivity contribution >= 4 is 29.0 Å². The van der Waals surface area contributed by atoms with Gasteiger partial charge in [-0.05, 0) is 43.0 Å². The minimum absolute atomic E-state index is 0.104. The third-order valence-corrected chi connectivity index (χ3v) is 4.11. The summed E-state index contributed by atoms with van der Waals surface area (Å²) in [7, 11) is 0. The van der Waals surface area contributed by atoms with Crippen molar-refractivity contribution in [3.63, 3.8) is 0 Å². The number of carbonyl (C=O) groups is 2. The number of benzene rings is 1. The van der Waals surface area contributed by atoms with Gasteiger partial charge in [0.15, 0.2) is 0 Å². The van der Waals surface area contributed by atoms with Gasteiger partial charge in [-0.25, -0.2) is 9.59 Å². The number of aryl methyl sites for hydroxylation is 1. The molecule has 5 nitrogen and oxygen atoms in total. The number of rotatable bonds is 4. The summed E-state index contributed by atoms with van der Waals surface area (Å²) in [6.07, 6.45) is 0. The van der Waals surface area contributed by atoms with Gasteiger partial charge in [0.05, 0.1) is 11.6 Å². The SMILES string of the molecule is Cc1ccc(C(=O)O)cc1NC(=O)NC(C)c1cccs1. The molecular weight excluding hydrogens is 288 g/mol. The van der Waals surface area contributed by atoms with Crippen LogP contribution < -0.4 is 10.6 Å². The van der Waals surface area contributed by atoms with Crippen molar-refractivity contribution in [2.75, 3.05) is 5.32 Å². The zero-order chi connectivity index (χ0) is 15.4. The number of thiophene rings is 1. The standard InChI is InChI=1S/C15H16N2O3S/c1-9-5-6-11(14(18)19)8-12(9)17-15(20)16-10(2)13-4-3-7-21-13/h3-8,10H,1-2H3,(H,18,19)(H2,16,17,20). The van der Waals surface area contributed by atoms with E-state index in [4.69, 9.17) is 5.11 Å². The summed E-state index contributed by atoms with van der Waals surface area (Å²) in [4.78, 5) is 24.0. The van der Waals surface area contributed by atoms with Gasteiger partial charge >= 0.3 is 12.0 Å². The van der Waals surface area contributed by atoms with Crippen molar-refractivity contribution in [2.24, 2.45) is 0 Å². The van der Waals surface area contributed by atoms with E-state index in [0.717, 1.165) is 10.4 Å². The van der Waals surface area contributed by atoms with Crippen LogP contribution in [0.4, 0.5) is 10.5 Å². The smallest absolute Gasteiger partial charge is 0.335 e. The summed E-state index contributed by atoms with van der Waals surface area (Å²) < 4.78 is 0. The van der Waals surface area contributed by atoms with E-state index in [9.17, 15) is 9.59 Å². The molecular formula is C15H16N2O3S. The van der Waals surface area contributed by atoms with Crippen molar-refractivity contribution < 1.29 is 14.7 Å². The molecule has 1 aromatic heterocycles. The molecule has 0 aliphatic carbocycles. The molecule has 0 fully saturated rings. The summed E-state index contributed by atoms with van der Waals surface area (Å²) in [5.41, 5.74) is 1.44. The highest BCUT2D eigenvalue weighted by atomic mass is 32.1. The molecule has 0 aliphatic heterocycles. The molecule has 6 heteroatoms. The topological polar surface area (TPSA) is 78.4 Å². The molecule has 0 bridgehead atoms. The third kappa shape index (κ3) is 3.82. The Morgan fingerprint density at radius 1 is 1.29 bits per heavy atom. The van der Waals surface area contributed by atoms with Crippen LogP contribution in [0.2, 0.25) is 0 Å². The molecule has 1 unspecified atom stereocenters. The summed E-state index contributed by atoms with van der Waals surface area (Å²) in [5.74, 6) is -1.02. The molecule has 0 saturated heterocycles. The number of aromatic carboxylic acids is 1. The average molecular weight is 304 g/mol. The maximum absolute atomic E-state index is 12.0. The fourth-order valence-electron chi connectivity index (χ4n) is 1.85. The van der Waals surface area contributed by atoms with Crippen LogP contribution in [0.3, 0.4) is 0 Å². The molecule has 110 valence electrons. The zero-order valence-electron chi connectivity index (χ0n) is 11.7. The third-order valence-electron chi connectivity index (χ3n) is 3.05. The molecule has 1 aromatic carbocycles. The van der Waals surface area contributed by atoms with E-state index in [1.54, 1.807) is 17.4 Å². The van der Waals surface area contributed by atoms with Crippen LogP contribution >= 0.6 is 11.3 Å². The van der Waals surface area contributed by atoms with Crippen LogP contribution in [0, 0.1) is 6.92 Å². The van der Waals surface area contributed by atoms with Crippen molar-refractivity contribution in [3.05, 3.63) is 51.7 Å². The maximum Gasteiger partial charge on any atom is 0.335 e. The Kier molecular flexibility index (Phi) is 4.59. The van der Waals surface area contributed by atoms with Crippen molar-refractivity contribution in [2.45, 2.75) is 19.9 Å². The van der Waals surface area contributed by atoms with E-state index in [0.29, 0.717) is 5.69 Å². The van der Waals surface area contributed by atoms with Gasteiger partial charge in [0.25, 0.3) is 0 Å². The van der Waals surface area contributed by atoms with Crippen LogP contribution in [0.5, 0.6) is 0 Å². The number of urea groups is 1. The van der Waals surface area contributed by atoms with Gasteiger partial charge < -0.3 is 15.7 Å². The average Bonchev–Trinajstić information content (AvgIpc) is 2.95. The first-order valence-electron chi connectivity index (χ1n) is 6.42. The lowest BCUT2D eigenvalue weighted by molar-refractivity contribution is 0.0697. The molecule has 0 radical (unpaired) electrons. The van der Waals surface area contributed by atoms with Gasteiger partial charge in [0, 0.05) is 10.6 Å². The Hall–Kier alpha value is -2.34. The van der Waals surface area contributed by atoms with Gasteiger partial charge in [0.2, 0.25) is 0 Å². The highest BCUT2D eigenvalue weighted by Crippen LogP contribution is 2.20. The second-order valence-corrected chi connectivity index (χ2v) is 5.65. The predicted octanol–water partition coefficient (Wildman–Crippen LogP) is 3.64. The Bertz CT molecular complexity index is 653. The van der Waals surface area contributed by atoms with Crippen molar-refractivity contribution in [3.8, 4) is 0 Å². The van der Waals surface area contributed by atoms with Crippen molar-refractivity contribution in [1.82, 2.24) is 5.32 Å².